The molecule has 2 amide bonds. The minimum atomic E-state index is -0.549. The van der Waals surface area contributed by atoms with Crippen LogP contribution in [0, 0.1) is 0 Å². The van der Waals surface area contributed by atoms with Crippen molar-refractivity contribution in [1.82, 2.24) is 20.4 Å². The topological polar surface area (TPSA) is 95.5 Å². The molecule has 156 valence electrons. The standard InChI is InChI=1S/C18H35N5O4/c1-8-9-19-16(20-10-15(24)22(5)6)21-13-11-23(12-14(13)26-7)17(25)27-18(2,3)4/h13-14H,8-12H2,1-7H3,(H2,19,20,21)/t13?,14-/m0/s1. The number of nitrogens with zero attached hydrogens (tertiary/aromatic N) is 3. The number of rotatable bonds is 6. The predicted molar refractivity (Wildman–Crippen MR) is 105 cm³/mol. The molecule has 1 aliphatic heterocycles. The SMILES string of the molecule is CCCNC(=NCC(=O)N(C)C)NC1CN(C(=O)OC(C)(C)C)C[C@@H]1OC. The fourth-order valence-corrected chi connectivity index (χ4v) is 2.49. The molecule has 27 heavy (non-hydrogen) atoms. The second-order valence-corrected chi connectivity index (χ2v) is 7.79. The summed E-state index contributed by atoms with van der Waals surface area (Å²) < 4.78 is 11.0. The number of carbonyl (C=O) groups is 2. The van der Waals surface area contributed by atoms with Gasteiger partial charge in [-0.25, -0.2) is 9.79 Å². The first kappa shape index (κ1) is 23.0. The number of nitrogens with one attached hydrogen (secondary N) is 2. The van der Waals surface area contributed by atoms with Gasteiger partial charge in [-0.3, -0.25) is 4.79 Å². The van der Waals surface area contributed by atoms with E-state index in [9.17, 15) is 9.59 Å². The number of amides is 2. The van der Waals surface area contributed by atoms with Gasteiger partial charge in [0.15, 0.2) is 5.96 Å². The zero-order chi connectivity index (χ0) is 20.6. The number of guanidine groups is 1. The van der Waals surface area contributed by atoms with Crippen LogP contribution in [0.2, 0.25) is 0 Å². The first-order chi connectivity index (χ1) is 12.6. The van der Waals surface area contributed by atoms with Gasteiger partial charge in [-0.05, 0) is 27.2 Å². The van der Waals surface area contributed by atoms with Crippen molar-refractivity contribution < 1.29 is 19.1 Å². The van der Waals surface area contributed by atoms with Crippen LogP contribution in [0.5, 0.6) is 0 Å². The van der Waals surface area contributed by atoms with E-state index in [-0.39, 0.29) is 30.7 Å². The Labute approximate surface area is 162 Å². The highest BCUT2D eigenvalue weighted by molar-refractivity contribution is 5.85. The van der Waals surface area contributed by atoms with Gasteiger partial charge in [0.1, 0.15) is 12.1 Å². The minimum Gasteiger partial charge on any atom is -0.444 e. The van der Waals surface area contributed by atoms with Crippen molar-refractivity contribution in [2.45, 2.75) is 51.9 Å². The molecule has 0 aromatic heterocycles. The highest BCUT2D eigenvalue weighted by Gasteiger charge is 2.37. The Morgan fingerprint density at radius 1 is 1.26 bits per heavy atom. The van der Waals surface area contributed by atoms with E-state index in [0.29, 0.717) is 19.0 Å². The van der Waals surface area contributed by atoms with Crippen molar-refractivity contribution in [1.29, 1.82) is 0 Å². The van der Waals surface area contributed by atoms with Gasteiger partial charge in [0.25, 0.3) is 0 Å². The van der Waals surface area contributed by atoms with Crippen molar-refractivity contribution >= 4 is 18.0 Å². The third kappa shape index (κ3) is 8.03. The Morgan fingerprint density at radius 3 is 2.44 bits per heavy atom. The normalized spacial score (nSPS) is 20.4. The highest BCUT2D eigenvalue weighted by Crippen LogP contribution is 2.17. The average molecular weight is 386 g/mol. The Morgan fingerprint density at radius 2 is 1.93 bits per heavy atom. The van der Waals surface area contributed by atoms with Crippen LogP contribution in [0.1, 0.15) is 34.1 Å². The summed E-state index contributed by atoms with van der Waals surface area (Å²) in [4.78, 5) is 31.6. The fraction of sp³-hybridized carbons (Fsp3) is 0.833. The van der Waals surface area contributed by atoms with Gasteiger partial charge in [0, 0.05) is 34.3 Å². The number of methoxy groups -OCH3 is 1. The fourth-order valence-electron chi connectivity index (χ4n) is 2.49. The lowest BCUT2D eigenvalue weighted by atomic mass is 10.2. The molecular weight excluding hydrogens is 350 g/mol. The second kappa shape index (κ2) is 10.3. The van der Waals surface area contributed by atoms with Crippen LogP contribution >= 0.6 is 0 Å². The molecule has 0 spiro atoms. The summed E-state index contributed by atoms with van der Waals surface area (Å²) in [6.45, 7) is 9.20. The van der Waals surface area contributed by atoms with Crippen LogP contribution in [0.25, 0.3) is 0 Å². The number of hydrogen-bond donors (Lipinski definition) is 2. The van der Waals surface area contributed by atoms with Gasteiger partial charge in [0.05, 0.1) is 18.7 Å². The minimum absolute atomic E-state index is 0.0478. The summed E-state index contributed by atoms with van der Waals surface area (Å²) in [5.74, 6) is 0.447. The average Bonchev–Trinajstić information content (AvgIpc) is 2.98. The van der Waals surface area contributed by atoms with Gasteiger partial charge < -0.3 is 29.9 Å². The smallest absolute Gasteiger partial charge is 0.410 e. The molecule has 9 nitrogen and oxygen atoms in total. The first-order valence-corrected chi connectivity index (χ1v) is 9.33. The molecule has 1 rings (SSSR count). The van der Waals surface area contributed by atoms with Gasteiger partial charge in [-0.2, -0.15) is 0 Å². The molecule has 1 heterocycles. The molecule has 0 aromatic carbocycles. The van der Waals surface area contributed by atoms with Gasteiger partial charge >= 0.3 is 6.09 Å². The summed E-state index contributed by atoms with van der Waals surface area (Å²) in [7, 11) is 5.01. The summed E-state index contributed by atoms with van der Waals surface area (Å²) in [6.07, 6.45) is 0.359. The van der Waals surface area contributed by atoms with Crippen molar-refractivity contribution in [2.24, 2.45) is 4.99 Å². The van der Waals surface area contributed by atoms with Crippen molar-refractivity contribution in [2.75, 3.05) is 47.4 Å². The van der Waals surface area contributed by atoms with Gasteiger partial charge in [-0.1, -0.05) is 6.92 Å². The molecule has 1 unspecified atom stereocenters. The zero-order valence-corrected chi connectivity index (χ0v) is 17.7. The molecule has 0 radical (unpaired) electrons. The molecule has 1 saturated heterocycles. The zero-order valence-electron chi connectivity index (χ0n) is 17.7. The molecule has 0 saturated carbocycles. The maximum atomic E-state index is 12.3. The maximum absolute atomic E-state index is 12.3. The summed E-state index contributed by atoms with van der Waals surface area (Å²) >= 11 is 0. The lowest BCUT2D eigenvalue weighted by molar-refractivity contribution is -0.127. The van der Waals surface area contributed by atoms with Crippen molar-refractivity contribution in [3.05, 3.63) is 0 Å². The number of ether oxygens (including phenoxy) is 2. The quantitative estimate of drug-likeness (QED) is 0.515. The van der Waals surface area contributed by atoms with E-state index in [1.807, 2.05) is 27.7 Å². The van der Waals surface area contributed by atoms with E-state index in [1.165, 1.54) is 4.90 Å². The molecule has 0 aliphatic carbocycles. The Bertz CT molecular complexity index is 530. The van der Waals surface area contributed by atoms with E-state index in [2.05, 4.69) is 15.6 Å². The Hall–Kier alpha value is -2.03. The predicted octanol–water partition coefficient (Wildman–Crippen LogP) is 0.654. The lowest BCUT2D eigenvalue weighted by Crippen LogP contribution is -2.49. The van der Waals surface area contributed by atoms with Crippen LogP contribution in [0.3, 0.4) is 0 Å². The molecule has 0 aromatic rings. The van der Waals surface area contributed by atoms with E-state index < -0.39 is 5.60 Å². The third-order valence-corrected chi connectivity index (χ3v) is 3.96. The van der Waals surface area contributed by atoms with Crippen LogP contribution in [-0.2, 0) is 14.3 Å². The number of likely N-dealkylation sites (N-methyl/N-ethyl adjacent to an activating group) is 1. The summed E-state index contributed by atoms with van der Waals surface area (Å²) in [5.41, 5.74) is -0.549. The monoisotopic (exact) mass is 385 g/mol. The van der Waals surface area contributed by atoms with Crippen LogP contribution < -0.4 is 10.6 Å². The van der Waals surface area contributed by atoms with E-state index in [0.717, 1.165) is 13.0 Å². The second-order valence-electron chi connectivity index (χ2n) is 7.79. The van der Waals surface area contributed by atoms with Gasteiger partial charge in [-0.15, -0.1) is 0 Å². The number of carbonyl (C=O) groups excluding carboxylic acids is 2. The number of likely N-dealkylation sites (tertiary alicyclic amines) is 1. The van der Waals surface area contributed by atoms with Crippen LogP contribution in [0.4, 0.5) is 4.79 Å². The molecule has 2 atom stereocenters. The molecule has 1 aliphatic rings. The summed E-state index contributed by atoms with van der Waals surface area (Å²) in [6, 6.07) is -0.153. The van der Waals surface area contributed by atoms with E-state index in [1.54, 1.807) is 26.1 Å². The van der Waals surface area contributed by atoms with E-state index >= 15 is 0 Å². The largest absolute Gasteiger partial charge is 0.444 e. The van der Waals surface area contributed by atoms with E-state index in [4.69, 9.17) is 9.47 Å². The van der Waals surface area contributed by atoms with Gasteiger partial charge in [0.2, 0.25) is 5.91 Å². The molecule has 9 heteroatoms. The Balaban J connectivity index is 2.78. The molecule has 0 bridgehead atoms. The van der Waals surface area contributed by atoms with Crippen LogP contribution in [0.15, 0.2) is 4.99 Å². The molecular formula is C18H35N5O4. The Kier molecular flexibility index (Phi) is 8.81. The number of hydrogen-bond acceptors (Lipinski definition) is 5. The van der Waals surface area contributed by atoms with Crippen molar-refractivity contribution in [3.63, 3.8) is 0 Å². The van der Waals surface area contributed by atoms with Crippen molar-refractivity contribution in [3.8, 4) is 0 Å². The maximum Gasteiger partial charge on any atom is 0.410 e. The van der Waals surface area contributed by atoms with Crippen LogP contribution in [-0.4, -0.2) is 92.9 Å². The highest BCUT2D eigenvalue weighted by atomic mass is 16.6. The number of aliphatic imine (C=N–C) groups is 1. The first-order valence-electron chi connectivity index (χ1n) is 9.33. The third-order valence-electron chi connectivity index (χ3n) is 3.96. The summed E-state index contributed by atoms with van der Waals surface area (Å²) in [5, 5.41) is 6.48. The molecule has 1 fully saturated rings. The molecule has 2 N–H and O–H groups in total. The lowest BCUT2D eigenvalue weighted by Gasteiger charge is -2.24.